The van der Waals surface area contributed by atoms with E-state index in [2.05, 4.69) is 25.3 Å². The molecule has 0 bridgehead atoms. The normalized spacial score (nSPS) is 11.0. The summed E-state index contributed by atoms with van der Waals surface area (Å²) in [5, 5.41) is 6.67. The van der Waals surface area contributed by atoms with Gasteiger partial charge in [-0.05, 0) is 55.8 Å². The van der Waals surface area contributed by atoms with Crippen molar-refractivity contribution in [1.82, 2.24) is 29.9 Å². The predicted octanol–water partition coefficient (Wildman–Crippen LogP) is 9.71. The molecule has 1 aromatic carbocycles. The van der Waals surface area contributed by atoms with Crippen molar-refractivity contribution >= 4 is 83.7 Å². The average molecular weight is 723 g/mol. The van der Waals surface area contributed by atoms with E-state index < -0.39 is 0 Å². The van der Waals surface area contributed by atoms with Crippen LogP contribution in [0, 0.1) is 13.8 Å². The fourth-order valence-electron chi connectivity index (χ4n) is 4.67. The van der Waals surface area contributed by atoms with Gasteiger partial charge in [0.2, 0.25) is 0 Å². The summed E-state index contributed by atoms with van der Waals surface area (Å²) in [6, 6.07) is 13.3. The molecule has 0 saturated carbocycles. The lowest BCUT2D eigenvalue weighted by Crippen LogP contribution is -2.04. The van der Waals surface area contributed by atoms with Crippen LogP contribution in [0.1, 0.15) is 15.3 Å². The molecule has 0 spiro atoms. The molecular weight excluding hydrogens is 697 g/mol. The lowest BCUT2D eigenvalue weighted by molar-refractivity contribution is 0.354. The molecule has 7 rings (SSSR count). The minimum atomic E-state index is 0.383. The highest BCUT2D eigenvalue weighted by Gasteiger charge is 2.18. The Bertz CT molecular complexity index is 2200. The van der Waals surface area contributed by atoms with Crippen molar-refractivity contribution in [2.75, 3.05) is 19.5 Å². The summed E-state index contributed by atoms with van der Waals surface area (Å²) >= 11 is 22.0. The molecule has 0 aliphatic rings. The van der Waals surface area contributed by atoms with E-state index in [9.17, 15) is 0 Å². The standard InChI is InChI=1S/C21H19ClN4O2S.C12H7Cl2N3S/c1-12-18(22)17-20(24-10-13-6-7-15(27-2)16(9-13)28-3)25-19(26-21(17)29-12)14-5-4-8-23-11-14;1-6-9(13)8-10(14)16-11(17-12(8)18-6)7-3-2-4-15-5-7/h4-9,11H,10H2,1-3H3,(H,24,25,26);2-5H,1H3. The molecule has 0 fully saturated rings. The van der Waals surface area contributed by atoms with Gasteiger partial charge in [-0.2, -0.15) is 0 Å². The van der Waals surface area contributed by atoms with Crippen LogP contribution in [0.15, 0.2) is 67.3 Å². The maximum absolute atomic E-state index is 6.56. The minimum Gasteiger partial charge on any atom is -0.493 e. The highest BCUT2D eigenvalue weighted by Crippen LogP contribution is 2.40. The molecule has 6 aromatic heterocycles. The second-order valence-electron chi connectivity index (χ2n) is 10.1. The smallest absolute Gasteiger partial charge is 0.164 e. The number of ether oxygens (including phenoxy) is 2. The molecule has 6 heterocycles. The summed E-state index contributed by atoms with van der Waals surface area (Å²) in [4.78, 5) is 30.1. The van der Waals surface area contributed by atoms with Crippen LogP contribution in [0.25, 0.3) is 43.2 Å². The van der Waals surface area contributed by atoms with Crippen LogP contribution in [0.5, 0.6) is 11.5 Å². The van der Waals surface area contributed by atoms with E-state index in [1.807, 2.05) is 56.3 Å². The van der Waals surface area contributed by atoms with Crippen LogP contribution in [0.4, 0.5) is 5.82 Å². The number of methoxy groups -OCH3 is 2. The number of benzene rings is 1. The molecule has 0 amide bonds. The number of rotatable bonds is 7. The van der Waals surface area contributed by atoms with E-state index in [4.69, 9.17) is 54.2 Å². The van der Waals surface area contributed by atoms with E-state index in [0.29, 0.717) is 50.7 Å². The van der Waals surface area contributed by atoms with Gasteiger partial charge in [0.1, 0.15) is 20.6 Å². The Hall–Kier alpha value is -4.13. The topological polar surface area (TPSA) is 108 Å². The monoisotopic (exact) mass is 721 g/mol. The Balaban J connectivity index is 0.000000183. The van der Waals surface area contributed by atoms with E-state index in [1.54, 1.807) is 50.3 Å². The van der Waals surface area contributed by atoms with E-state index in [1.165, 1.54) is 11.3 Å². The summed E-state index contributed by atoms with van der Waals surface area (Å²) < 4.78 is 10.7. The van der Waals surface area contributed by atoms with Gasteiger partial charge in [0.25, 0.3) is 0 Å². The van der Waals surface area contributed by atoms with Crippen molar-refractivity contribution in [3.8, 4) is 34.3 Å². The Morgan fingerprint density at radius 3 is 1.85 bits per heavy atom. The largest absolute Gasteiger partial charge is 0.493 e. The number of fused-ring (bicyclic) bond motifs is 2. The number of aryl methyl sites for hydroxylation is 2. The number of anilines is 1. The Morgan fingerprint density at radius 2 is 1.28 bits per heavy atom. The molecular formula is C33H26Cl3N7O2S2. The molecule has 9 nitrogen and oxygen atoms in total. The minimum absolute atomic E-state index is 0.383. The first-order valence-corrected chi connectivity index (χ1v) is 16.9. The summed E-state index contributed by atoms with van der Waals surface area (Å²) in [7, 11) is 3.24. The lowest BCUT2D eigenvalue weighted by atomic mass is 10.2. The first-order chi connectivity index (χ1) is 22.8. The molecule has 0 unspecified atom stereocenters. The molecule has 0 radical (unpaired) electrons. The Kier molecular flexibility index (Phi) is 10.00. The van der Waals surface area contributed by atoms with Gasteiger partial charge in [0.05, 0.1) is 35.0 Å². The third kappa shape index (κ3) is 6.95. The zero-order valence-electron chi connectivity index (χ0n) is 25.5. The van der Waals surface area contributed by atoms with Gasteiger partial charge >= 0.3 is 0 Å². The zero-order chi connectivity index (χ0) is 33.1. The van der Waals surface area contributed by atoms with Crippen LogP contribution >= 0.6 is 57.5 Å². The number of nitrogens with one attached hydrogen (secondary N) is 1. The maximum Gasteiger partial charge on any atom is 0.164 e. The number of halogens is 3. The number of pyridine rings is 2. The maximum atomic E-state index is 6.56. The van der Waals surface area contributed by atoms with Gasteiger partial charge in [-0.25, -0.2) is 19.9 Å². The van der Waals surface area contributed by atoms with Crippen molar-refractivity contribution in [3.63, 3.8) is 0 Å². The van der Waals surface area contributed by atoms with Crippen molar-refractivity contribution < 1.29 is 9.47 Å². The molecule has 0 saturated heterocycles. The predicted molar refractivity (Wildman–Crippen MR) is 193 cm³/mol. The number of hydrogen-bond donors (Lipinski definition) is 1. The van der Waals surface area contributed by atoms with Gasteiger partial charge in [0.15, 0.2) is 23.1 Å². The molecule has 1 N–H and O–H groups in total. The summed E-state index contributed by atoms with van der Waals surface area (Å²) in [5.74, 6) is 3.24. The first-order valence-electron chi connectivity index (χ1n) is 14.1. The van der Waals surface area contributed by atoms with Gasteiger partial charge < -0.3 is 14.8 Å². The molecule has 0 atom stereocenters. The van der Waals surface area contributed by atoms with E-state index in [0.717, 1.165) is 46.9 Å². The SMILES string of the molecule is COc1ccc(CNc2nc(-c3cccnc3)nc3sc(C)c(Cl)c23)cc1OC.Cc1sc2nc(-c3cccnc3)nc(Cl)c2c1Cl. The highest BCUT2D eigenvalue weighted by molar-refractivity contribution is 7.19. The molecule has 14 heteroatoms. The van der Waals surface area contributed by atoms with Crippen LogP contribution in [-0.2, 0) is 6.54 Å². The summed E-state index contributed by atoms with van der Waals surface area (Å²) in [6.45, 7) is 4.47. The van der Waals surface area contributed by atoms with Gasteiger partial charge in [0, 0.05) is 52.2 Å². The Morgan fingerprint density at radius 1 is 0.702 bits per heavy atom. The van der Waals surface area contributed by atoms with Crippen molar-refractivity contribution in [2.24, 2.45) is 0 Å². The molecule has 47 heavy (non-hydrogen) atoms. The third-order valence-corrected chi connectivity index (χ3v) is 10.5. The molecule has 7 aromatic rings. The van der Waals surface area contributed by atoms with Crippen LogP contribution in [-0.4, -0.2) is 44.1 Å². The van der Waals surface area contributed by atoms with Crippen molar-refractivity contribution in [3.05, 3.63) is 97.8 Å². The third-order valence-electron chi connectivity index (χ3n) is 7.01. The average Bonchev–Trinajstić information content (AvgIpc) is 3.56. The quantitative estimate of drug-likeness (QED) is 0.161. The van der Waals surface area contributed by atoms with Gasteiger partial charge in [-0.15, -0.1) is 22.7 Å². The van der Waals surface area contributed by atoms with E-state index >= 15 is 0 Å². The zero-order valence-corrected chi connectivity index (χ0v) is 29.4. The molecule has 0 aliphatic carbocycles. The van der Waals surface area contributed by atoms with E-state index in [-0.39, 0.29) is 0 Å². The second kappa shape index (κ2) is 14.3. The van der Waals surface area contributed by atoms with Crippen molar-refractivity contribution in [1.29, 1.82) is 0 Å². The fourth-order valence-corrected chi connectivity index (χ4v) is 7.57. The summed E-state index contributed by atoms with van der Waals surface area (Å²) in [5.41, 5.74) is 2.72. The van der Waals surface area contributed by atoms with Crippen molar-refractivity contribution in [2.45, 2.75) is 20.4 Å². The fraction of sp³-hybridized carbons (Fsp3) is 0.152. The van der Waals surface area contributed by atoms with Crippen LogP contribution in [0.3, 0.4) is 0 Å². The summed E-state index contributed by atoms with van der Waals surface area (Å²) in [6.07, 6.45) is 6.89. The number of thiophene rings is 2. The number of aromatic nitrogens is 6. The highest BCUT2D eigenvalue weighted by atomic mass is 35.5. The molecule has 238 valence electrons. The number of hydrogen-bond acceptors (Lipinski definition) is 11. The van der Waals surface area contributed by atoms with Gasteiger partial charge in [-0.3, -0.25) is 9.97 Å². The first kappa shape index (κ1) is 32.8. The Labute approximate surface area is 293 Å². The number of nitrogens with zero attached hydrogens (tertiary/aromatic N) is 6. The van der Waals surface area contributed by atoms with Crippen LogP contribution < -0.4 is 14.8 Å². The molecule has 0 aliphatic heterocycles. The lowest BCUT2D eigenvalue weighted by Gasteiger charge is -2.12. The van der Waals surface area contributed by atoms with Gasteiger partial charge in [-0.1, -0.05) is 40.9 Å². The van der Waals surface area contributed by atoms with Crippen LogP contribution in [0.2, 0.25) is 15.2 Å². The second-order valence-corrected chi connectivity index (χ2v) is 13.6.